The van der Waals surface area contributed by atoms with Crippen molar-refractivity contribution in [2.75, 3.05) is 18.5 Å². The number of imidazole rings is 1. The molecule has 39 heavy (non-hydrogen) atoms. The zero-order valence-electron chi connectivity index (χ0n) is 21.5. The maximum absolute atomic E-state index is 12.9. The lowest BCUT2D eigenvalue weighted by Crippen LogP contribution is -2.28. The van der Waals surface area contributed by atoms with E-state index in [9.17, 15) is 9.90 Å². The average Bonchev–Trinajstić information content (AvgIpc) is 3.26. The van der Waals surface area contributed by atoms with E-state index in [0.717, 1.165) is 51.9 Å². The molecular formula is C32H30N4O3. The predicted molar refractivity (Wildman–Crippen MR) is 152 cm³/mol. The van der Waals surface area contributed by atoms with Gasteiger partial charge < -0.3 is 19.7 Å². The van der Waals surface area contributed by atoms with E-state index in [1.807, 2.05) is 94.1 Å². The summed E-state index contributed by atoms with van der Waals surface area (Å²) in [5.41, 5.74) is 6.47. The first-order valence-corrected chi connectivity index (χ1v) is 13.2. The van der Waals surface area contributed by atoms with Crippen molar-refractivity contribution in [3.8, 4) is 22.6 Å². The number of hydrogen-bond acceptors (Lipinski definition) is 4. The molecule has 2 heterocycles. The zero-order chi connectivity index (χ0) is 26.8. The Morgan fingerprint density at radius 3 is 2.31 bits per heavy atom. The summed E-state index contributed by atoms with van der Waals surface area (Å²) in [4.78, 5) is 12.9. The first-order valence-electron chi connectivity index (χ1n) is 13.2. The van der Waals surface area contributed by atoms with Gasteiger partial charge in [0.05, 0.1) is 17.6 Å². The second-order valence-corrected chi connectivity index (χ2v) is 9.83. The number of benzene rings is 4. The van der Waals surface area contributed by atoms with E-state index in [-0.39, 0.29) is 17.6 Å². The fourth-order valence-electron chi connectivity index (χ4n) is 5.30. The molecule has 0 spiro atoms. The molecule has 3 N–H and O–H groups in total. The number of fused-ring (bicyclic) bond motifs is 1. The van der Waals surface area contributed by atoms with Crippen LogP contribution in [0.25, 0.3) is 27.8 Å². The fourth-order valence-corrected chi connectivity index (χ4v) is 5.30. The zero-order valence-corrected chi connectivity index (χ0v) is 21.5. The van der Waals surface area contributed by atoms with Gasteiger partial charge in [-0.05, 0) is 54.8 Å². The normalized spacial score (nSPS) is 13.9. The number of nitrogens with one attached hydrogen (secondary N) is 2. The third-order valence-corrected chi connectivity index (χ3v) is 7.41. The third-order valence-electron chi connectivity index (χ3n) is 7.41. The Labute approximate surface area is 226 Å². The minimum atomic E-state index is -0.0313. The molecule has 6 rings (SSSR count). The number of anilines is 1. The van der Waals surface area contributed by atoms with Gasteiger partial charge in [-0.25, -0.2) is 0 Å². The lowest BCUT2D eigenvalue weighted by molar-refractivity contribution is -0.122. The summed E-state index contributed by atoms with van der Waals surface area (Å²) in [5, 5.41) is 22.5. The van der Waals surface area contributed by atoms with E-state index in [2.05, 4.69) is 5.32 Å². The summed E-state index contributed by atoms with van der Waals surface area (Å²) >= 11 is 0. The second kappa shape index (κ2) is 10.6. The Hall–Kier alpha value is -4.62. The minimum Gasteiger partial charge on any atom is -0.508 e. The van der Waals surface area contributed by atoms with Gasteiger partial charge in [-0.15, -0.1) is 0 Å². The number of aromatic nitrogens is 2. The highest BCUT2D eigenvalue weighted by atomic mass is 16.5. The molecule has 0 aliphatic carbocycles. The minimum absolute atomic E-state index is 0.0313. The topological polar surface area (TPSA) is 92.3 Å². The Bertz CT molecular complexity index is 1700. The van der Waals surface area contributed by atoms with Crippen molar-refractivity contribution in [2.45, 2.75) is 19.4 Å². The van der Waals surface area contributed by atoms with Gasteiger partial charge in [-0.2, -0.15) is 0 Å². The van der Waals surface area contributed by atoms with Crippen LogP contribution < -0.4 is 10.9 Å². The molecule has 7 heteroatoms. The van der Waals surface area contributed by atoms with Crippen LogP contribution in [0.1, 0.15) is 18.4 Å². The van der Waals surface area contributed by atoms with Crippen molar-refractivity contribution in [1.29, 1.82) is 5.41 Å². The molecule has 1 aliphatic heterocycles. The predicted octanol–water partition coefficient (Wildman–Crippen LogP) is 5.70. The smallest absolute Gasteiger partial charge is 0.227 e. The summed E-state index contributed by atoms with van der Waals surface area (Å²) in [5.74, 6) is 0.221. The van der Waals surface area contributed by atoms with Crippen LogP contribution in [0.3, 0.4) is 0 Å². The molecule has 1 aromatic heterocycles. The van der Waals surface area contributed by atoms with E-state index in [1.165, 1.54) is 0 Å². The van der Waals surface area contributed by atoms with Crippen LogP contribution in [0.15, 0.2) is 97.1 Å². The number of ether oxygens (including phenoxy) is 1. The number of aromatic hydroxyl groups is 1. The lowest BCUT2D eigenvalue weighted by Gasteiger charge is -2.22. The third kappa shape index (κ3) is 4.84. The Morgan fingerprint density at radius 1 is 0.872 bits per heavy atom. The van der Waals surface area contributed by atoms with Crippen LogP contribution in [0, 0.1) is 11.3 Å². The molecule has 7 nitrogen and oxygen atoms in total. The number of rotatable bonds is 6. The molecule has 5 aromatic rings. The van der Waals surface area contributed by atoms with Gasteiger partial charge >= 0.3 is 0 Å². The van der Waals surface area contributed by atoms with Crippen molar-refractivity contribution in [1.82, 2.24) is 9.13 Å². The number of hydrogen-bond donors (Lipinski definition) is 3. The first-order chi connectivity index (χ1) is 19.1. The molecule has 196 valence electrons. The second-order valence-electron chi connectivity index (χ2n) is 9.83. The molecule has 4 aromatic carbocycles. The fraction of sp³-hybridized carbons (Fsp3) is 0.188. The highest BCUT2D eigenvalue weighted by molar-refractivity contribution is 5.97. The van der Waals surface area contributed by atoms with Crippen molar-refractivity contribution in [2.24, 2.45) is 5.92 Å². The Balaban J connectivity index is 1.33. The molecule has 0 atom stereocenters. The molecular weight excluding hydrogens is 488 g/mol. The number of para-hydroxylation sites is 4. The average molecular weight is 519 g/mol. The first kappa shape index (κ1) is 24.7. The van der Waals surface area contributed by atoms with E-state index < -0.39 is 0 Å². The standard InChI is InChI=1S/C32H30N4O3/c33-32-35(21-24-7-1-6-12-30(24)37)28-10-4-5-11-29(28)36(32)25-15-13-22(14-16-25)26-8-2-3-9-27(26)34-31(38)23-17-19-39-20-18-23/h1-16,23,33,37H,17-21H2,(H,34,38). The molecule has 0 unspecified atom stereocenters. The summed E-state index contributed by atoms with van der Waals surface area (Å²) in [7, 11) is 0. The van der Waals surface area contributed by atoms with Crippen LogP contribution >= 0.6 is 0 Å². The number of carbonyl (C=O) groups excluding carboxylic acids is 1. The highest BCUT2D eigenvalue weighted by Crippen LogP contribution is 2.30. The van der Waals surface area contributed by atoms with Crippen molar-refractivity contribution >= 4 is 22.6 Å². The number of phenolic OH excluding ortho intramolecular Hbond substituents is 1. The van der Waals surface area contributed by atoms with Gasteiger partial charge in [0, 0.05) is 41.6 Å². The van der Waals surface area contributed by atoms with Gasteiger partial charge in [-0.3, -0.25) is 14.8 Å². The molecule has 1 aliphatic rings. The summed E-state index contributed by atoms with van der Waals surface area (Å²) in [6.45, 7) is 1.64. The Morgan fingerprint density at radius 2 is 1.54 bits per heavy atom. The molecule has 1 fully saturated rings. The summed E-state index contributed by atoms with van der Waals surface area (Å²) in [6, 6.07) is 31.0. The van der Waals surface area contributed by atoms with E-state index in [1.54, 1.807) is 12.1 Å². The summed E-state index contributed by atoms with van der Waals surface area (Å²) in [6.07, 6.45) is 1.49. The SMILES string of the molecule is N=c1n(Cc2ccccc2O)c2ccccc2n1-c1ccc(-c2ccccc2NC(=O)C2CCOCC2)cc1. The van der Waals surface area contributed by atoms with Crippen LogP contribution in [0.2, 0.25) is 0 Å². The molecule has 1 amide bonds. The highest BCUT2D eigenvalue weighted by Gasteiger charge is 2.22. The largest absolute Gasteiger partial charge is 0.508 e. The molecule has 0 bridgehead atoms. The monoisotopic (exact) mass is 518 g/mol. The molecule has 0 saturated carbocycles. The van der Waals surface area contributed by atoms with E-state index in [0.29, 0.717) is 25.4 Å². The lowest BCUT2D eigenvalue weighted by atomic mass is 9.98. The quantitative estimate of drug-likeness (QED) is 0.269. The number of phenols is 1. The van der Waals surface area contributed by atoms with Gasteiger partial charge in [0.1, 0.15) is 5.75 Å². The van der Waals surface area contributed by atoms with Crippen LogP contribution in [-0.2, 0) is 16.1 Å². The van der Waals surface area contributed by atoms with Gasteiger partial charge in [0.25, 0.3) is 0 Å². The van der Waals surface area contributed by atoms with E-state index in [4.69, 9.17) is 10.1 Å². The maximum atomic E-state index is 12.9. The number of nitrogens with zero attached hydrogens (tertiary/aromatic N) is 2. The van der Waals surface area contributed by atoms with Crippen LogP contribution in [0.4, 0.5) is 5.69 Å². The number of amides is 1. The molecule has 1 saturated heterocycles. The van der Waals surface area contributed by atoms with Crippen molar-refractivity contribution in [3.63, 3.8) is 0 Å². The van der Waals surface area contributed by atoms with Gasteiger partial charge in [0.15, 0.2) is 0 Å². The summed E-state index contributed by atoms with van der Waals surface area (Å²) < 4.78 is 9.22. The van der Waals surface area contributed by atoms with Crippen LogP contribution in [-0.4, -0.2) is 33.4 Å². The van der Waals surface area contributed by atoms with Gasteiger partial charge in [-0.1, -0.05) is 60.7 Å². The molecule has 0 radical (unpaired) electrons. The van der Waals surface area contributed by atoms with Gasteiger partial charge in [0.2, 0.25) is 11.5 Å². The number of carbonyl (C=O) groups is 1. The van der Waals surface area contributed by atoms with Crippen LogP contribution in [0.5, 0.6) is 5.75 Å². The van der Waals surface area contributed by atoms with Crippen molar-refractivity contribution in [3.05, 3.63) is 108 Å². The Kier molecular flexibility index (Phi) is 6.73. The van der Waals surface area contributed by atoms with E-state index >= 15 is 0 Å². The maximum Gasteiger partial charge on any atom is 0.227 e. The van der Waals surface area contributed by atoms with Crippen molar-refractivity contribution < 1.29 is 14.6 Å².